The second-order valence-electron chi connectivity index (χ2n) is 28.0. The van der Waals surface area contributed by atoms with E-state index in [2.05, 4.69) is 87.5 Å². The number of carbonyl (C=O) groups excluding carboxylic acids is 4. The van der Waals surface area contributed by atoms with E-state index in [-0.39, 0.29) is 82.3 Å². The number of likely N-dealkylation sites (tertiary alicyclic amines) is 2. The van der Waals surface area contributed by atoms with Gasteiger partial charge in [0.2, 0.25) is 0 Å². The lowest BCUT2D eigenvalue weighted by atomic mass is 9.76. The third kappa shape index (κ3) is 19.4. The predicted octanol–water partition coefficient (Wildman–Crippen LogP) is 8.53. The molecule has 0 aliphatic carbocycles. The fourth-order valence-electron chi connectivity index (χ4n) is 14.5. The molecule has 0 radical (unpaired) electrons. The number of nitrogens with zero attached hydrogens (tertiary/aromatic N) is 14. The molecule has 24 nitrogen and oxygen atoms in total. The van der Waals surface area contributed by atoms with Crippen LogP contribution >= 0.6 is 0 Å². The topological polar surface area (TPSA) is 227 Å². The number of aromatic nitrogens is 6. The molecule has 2 aromatic carbocycles. The molecule has 2 amide bonds. The molecule has 4 aliphatic rings. The molecule has 2 spiro atoms. The normalized spacial score (nSPS) is 17.5. The Kier molecular flexibility index (Phi) is 26.8. The van der Waals surface area contributed by atoms with Gasteiger partial charge in [0, 0.05) is 140 Å². The first-order chi connectivity index (χ1) is 45.9. The number of hydrogen-bond donors (Lipinski definition) is 0. The van der Waals surface area contributed by atoms with E-state index in [0.717, 1.165) is 116 Å². The number of amides is 2. The minimum atomic E-state index is -0.670. The summed E-state index contributed by atoms with van der Waals surface area (Å²) < 4.78 is 64.1. The van der Waals surface area contributed by atoms with Gasteiger partial charge in [-0.05, 0) is 155 Å². The number of rotatable bonds is 36. The van der Waals surface area contributed by atoms with Crippen LogP contribution < -0.4 is 19.3 Å². The molecule has 4 fully saturated rings. The summed E-state index contributed by atoms with van der Waals surface area (Å²) in [5, 5.41) is 16.6. The molecule has 0 bridgehead atoms. The number of carbonyl (C=O) groups is 4. The Balaban J connectivity index is 0.739. The van der Waals surface area contributed by atoms with Gasteiger partial charge in [0.15, 0.2) is 11.6 Å². The summed E-state index contributed by atoms with van der Waals surface area (Å²) in [6.45, 7) is 31.0. The zero-order chi connectivity index (χ0) is 69.4. The van der Waals surface area contributed by atoms with Gasteiger partial charge in [-0.15, -0.1) is 20.4 Å². The minimum Gasteiger partial charge on any atom is -0.455 e. The van der Waals surface area contributed by atoms with Crippen molar-refractivity contribution in [3.05, 3.63) is 84.0 Å². The molecule has 6 heterocycles. The van der Waals surface area contributed by atoms with Crippen LogP contribution in [0.15, 0.2) is 61.2 Å². The highest BCUT2D eigenvalue weighted by atomic mass is 19.1. The third-order valence-corrected chi connectivity index (χ3v) is 19.2. The molecular weight excluding hydrogens is 1230 g/mol. The van der Waals surface area contributed by atoms with Gasteiger partial charge in [-0.2, -0.15) is 0 Å². The Morgan fingerprint density at radius 1 is 0.583 bits per heavy atom. The van der Waals surface area contributed by atoms with Crippen molar-refractivity contribution in [1.29, 1.82) is 0 Å². The van der Waals surface area contributed by atoms with Crippen molar-refractivity contribution in [1.82, 2.24) is 59.8 Å². The standard InChI is InChI=1S/C70H104F2N14O10/c1-15-85(49(7)8)67(89)55-33-51(71)21-23-59(55)95-65-63(73-45-75-77-65)81-31-27-69(39-81)41-83(42-69)57(47(3)4)19-17-29-79(11)35-53(37-91-13)93-61(87)25-26-62(88)94-54(38-92-14)36-80(12)30-18-20-58(48(5)6)84-43-70(44-84)28-32-82(40-70)64-66(78-76-46-74-64)96-60-24-22-52(72)34-56(60)68(90)86(16-2)50(9)10/h21-26,33-34,45-50,53-54,57-58H,15-20,27-32,35-44H2,1-14H3/b26-25+/t53-,54-,57-,58-/m1/s1. The zero-order valence-corrected chi connectivity index (χ0v) is 59.0. The Morgan fingerprint density at radius 2 is 0.969 bits per heavy atom. The Morgan fingerprint density at radius 3 is 1.31 bits per heavy atom. The van der Waals surface area contributed by atoms with Crippen LogP contribution in [0.2, 0.25) is 0 Å². The Labute approximate surface area is 566 Å². The average molecular weight is 1340 g/mol. The van der Waals surface area contributed by atoms with Crippen LogP contribution in [0.1, 0.15) is 128 Å². The van der Waals surface area contributed by atoms with E-state index in [0.29, 0.717) is 61.7 Å². The molecular formula is C70H104F2N14O10. The molecule has 4 aliphatic heterocycles. The molecule has 4 aromatic rings. The molecule has 96 heavy (non-hydrogen) atoms. The number of methoxy groups -OCH3 is 2. The van der Waals surface area contributed by atoms with Crippen molar-refractivity contribution in [2.75, 3.05) is 143 Å². The monoisotopic (exact) mass is 1340 g/mol. The molecule has 528 valence electrons. The quantitative estimate of drug-likeness (QED) is 0.0307. The summed E-state index contributed by atoms with van der Waals surface area (Å²) in [6.07, 6.45) is 9.61. The van der Waals surface area contributed by atoms with Crippen LogP contribution in [0, 0.1) is 34.3 Å². The zero-order valence-electron chi connectivity index (χ0n) is 59.0. The van der Waals surface area contributed by atoms with Crippen molar-refractivity contribution in [3.8, 4) is 23.3 Å². The first-order valence-corrected chi connectivity index (χ1v) is 34.2. The largest absolute Gasteiger partial charge is 0.455 e. The Bertz CT molecular complexity index is 3030. The molecule has 26 heteroatoms. The van der Waals surface area contributed by atoms with Gasteiger partial charge in [-0.3, -0.25) is 19.4 Å². The van der Waals surface area contributed by atoms with Gasteiger partial charge in [-0.1, -0.05) is 27.7 Å². The number of benzene rings is 2. The van der Waals surface area contributed by atoms with Gasteiger partial charge >= 0.3 is 11.9 Å². The number of anilines is 2. The third-order valence-electron chi connectivity index (χ3n) is 19.2. The van der Waals surface area contributed by atoms with E-state index in [9.17, 15) is 28.0 Å². The van der Waals surface area contributed by atoms with Gasteiger partial charge < -0.3 is 57.8 Å². The van der Waals surface area contributed by atoms with Gasteiger partial charge in [0.25, 0.3) is 23.6 Å². The molecule has 0 saturated carbocycles. The fourth-order valence-corrected chi connectivity index (χ4v) is 14.5. The van der Waals surface area contributed by atoms with Crippen molar-refractivity contribution < 1.29 is 56.4 Å². The first kappa shape index (κ1) is 74.7. The molecule has 4 saturated heterocycles. The van der Waals surface area contributed by atoms with E-state index in [1.165, 1.54) is 49.1 Å². The van der Waals surface area contributed by atoms with Gasteiger partial charge in [-0.25, -0.2) is 28.3 Å². The summed E-state index contributed by atoms with van der Waals surface area (Å²) in [5.74, 6) is -0.456. The van der Waals surface area contributed by atoms with Gasteiger partial charge in [0.05, 0.1) is 24.3 Å². The number of esters is 2. The maximum atomic E-state index is 14.5. The first-order valence-electron chi connectivity index (χ1n) is 34.2. The number of hydrogen-bond acceptors (Lipinski definition) is 22. The average Bonchev–Trinajstić information content (AvgIpc) is 1.53. The second-order valence-corrected chi connectivity index (χ2v) is 28.0. The SMILES string of the molecule is CCN(C(=O)c1cc(F)ccc1Oc1nncnc1N1CCC2(C1)CN([C@H](CCCN(C)C[C@H](COC)OC(=O)/C=C/C(=O)O[C@@H](COC)CN(C)CCC[C@H](C(C)C)N1CC3(CCN(c4ncnnc4Oc4ccc(F)cc4C(=O)N(CC)C(C)C)C3)C1)C(C)C)C2)C(C)C. The highest BCUT2D eigenvalue weighted by Gasteiger charge is 2.52. The van der Waals surface area contributed by atoms with Gasteiger partial charge in [0.1, 0.15) is 48.0 Å². The summed E-state index contributed by atoms with van der Waals surface area (Å²) in [6, 6.07) is 8.39. The summed E-state index contributed by atoms with van der Waals surface area (Å²) in [5.41, 5.74) is 0.357. The lowest BCUT2D eigenvalue weighted by Crippen LogP contribution is -2.62. The second kappa shape index (κ2) is 34.4. The van der Waals surface area contributed by atoms with E-state index < -0.39 is 35.8 Å². The molecule has 2 aromatic heterocycles. The van der Waals surface area contributed by atoms with Crippen LogP contribution in [-0.2, 0) is 28.5 Å². The van der Waals surface area contributed by atoms with E-state index in [1.54, 1.807) is 24.0 Å². The van der Waals surface area contributed by atoms with Crippen LogP contribution in [0.5, 0.6) is 23.3 Å². The lowest BCUT2D eigenvalue weighted by Gasteiger charge is -2.53. The smallest absolute Gasteiger partial charge is 0.331 e. The molecule has 4 atom stereocenters. The minimum absolute atomic E-state index is 0.0675. The number of likely N-dealkylation sites (N-methyl/N-ethyl adjacent to an activating group) is 2. The maximum absolute atomic E-state index is 14.5. The lowest BCUT2D eigenvalue weighted by molar-refractivity contribution is -0.149. The van der Waals surface area contributed by atoms with Crippen molar-refractivity contribution in [2.45, 2.75) is 144 Å². The van der Waals surface area contributed by atoms with Crippen molar-refractivity contribution >= 4 is 35.4 Å². The van der Waals surface area contributed by atoms with Crippen LogP contribution in [-0.4, -0.2) is 253 Å². The summed E-state index contributed by atoms with van der Waals surface area (Å²) >= 11 is 0. The fraction of sp³-hybridized carbons (Fsp3) is 0.657. The number of ether oxygens (including phenoxy) is 6. The molecule has 0 unspecified atom stereocenters. The van der Waals surface area contributed by atoms with E-state index in [1.807, 2.05) is 55.6 Å². The number of halogens is 2. The summed E-state index contributed by atoms with van der Waals surface area (Å²) in [7, 11) is 7.13. The highest BCUT2D eigenvalue weighted by Crippen LogP contribution is 2.47. The van der Waals surface area contributed by atoms with Crippen LogP contribution in [0.3, 0.4) is 0 Å². The Hall–Kier alpha value is -7.10. The highest BCUT2D eigenvalue weighted by molar-refractivity contribution is 5.98. The molecule has 8 rings (SSSR count). The van der Waals surface area contributed by atoms with Crippen molar-refractivity contribution in [2.24, 2.45) is 22.7 Å². The molecule has 0 N–H and O–H groups in total. The van der Waals surface area contributed by atoms with E-state index >= 15 is 0 Å². The maximum Gasteiger partial charge on any atom is 0.331 e. The van der Waals surface area contributed by atoms with Crippen LogP contribution in [0.25, 0.3) is 0 Å². The predicted molar refractivity (Wildman–Crippen MR) is 361 cm³/mol. The van der Waals surface area contributed by atoms with E-state index in [4.69, 9.17) is 28.4 Å². The summed E-state index contributed by atoms with van der Waals surface area (Å²) in [4.78, 5) is 79.8. The van der Waals surface area contributed by atoms with Crippen LogP contribution in [0.4, 0.5) is 20.4 Å². The van der Waals surface area contributed by atoms with Crippen molar-refractivity contribution in [3.63, 3.8) is 0 Å².